The fourth-order valence-electron chi connectivity index (χ4n) is 2.33. The van der Waals surface area contributed by atoms with Crippen molar-refractivity contribution in [2.75, 3.05) is 0 Å². The highest BCUT2D eigenvalue weighted by atomic mass is 16.5. The molecule has 0 aliphatic heterocycles. The van der Waals surface area contributed by atoms with E-state index < -0.39 is 0 Å². The minimum atomic E-state index is 0.515. The lowest BCUT2D eigenvalue weighted by Gasteiger charge is -1.93. The normalized spacial score (nSPS) is 10.8. The van der Waals surface area contributed by atoms with Crippen molar-refractivity contribution < 1.29 is 8.94 Å². The molecule has 0 aliphatic carbocycles. The molecule has 0 spiro atoms. The second kappa shape index (κ2) is 6.45. The van der Waals surface area contributed by atoms with E-state index >= 15 is 0 Å². The van der Waals surface area contributed by atoms with Crippen molar-refractivity contribution in [3.63, 3.8) is 0 Å². The van der Waals surface area contributed by atoms with E-state index in [1.807, 2.05) is 60.7 Å². The first-order chi connectivity index (χ1) is 11.9. The summed E-state index contributed by atoms with van der Waals surface area (Å²) >= 11 is 0. The third-order valence-electron chi connectivity index (χ3n) is 3.54. The Morgan fingerprint density at radius 3 is 2.12 bits per heavy atom. The SMILES string of the molecule is c1ccc(-c2noc(CCc3nnc(-c4ccccc4)o3)n2)cc1. The predicted molar refractivity (Wildman–Crippen MR) is 86.9 cm³/mol. The predicted octanol–water partition coefficient (Wildman–Crippen LogP) is 3.57. The Hall–Kier alpha value is -3.28. The van der Waals surface area contributed by atoms with E-state index in [4.69, 9.17) is 8.94 Å². The average Bonchev–Trinajstić information content (AvgIpc) is 3.31. The molecule has 24 heavy (non-hydrogen) atoms. The van der Waals surface area contributed by atoms with Gasteiger partial charge in [0.25, 0.3) is 0 Å². The Bertz CT molecular complexity index is 839. The summed E-state index contributed by atoms with van der Waals surface area (Å²) in [4.78, 5) is 4.39. The highest BCUT2D eigenvalue weighted by Crippen LogP contribution is 2.18. The quantitative estimate of drug-likeness (QED) is 0.560. The Labute approximate surface area is 138 Å². The van der Waals surface area contributed by atoms with Crippen molar-refractivity contribution in [1.82, 2.24) is 20.3 Å². The van der Waals surface area contributed by atoms with Crippen LogP contribution in [-0.2, 0) is 12.8 Å². The number of aryl methyl sites for hydroxylation is 2. The largest absolute Gasteiger partial charge is 0.421 e. The molecule has 0 unspecified atom stereocenters. The molecule has 2 aromatic heterocycles. The summed E-state index contributed by atoms with van der Waals surface area (Å²) in [7, 11) is 0. The van der Waals surface area contributed by atoms with Gasteiger partial charge in [-0.05, 0) is 12.1 Å². The highest BCUT2D eigenvalue weighted by Gasteiger charge is 2.12. The van der Waals surface area contributed by atoms with Crippen LogP contribution in [0, 0.1) is 0 Å². The van der Waals surface area contributed by atoms with Gasteiger partial charge >= 0.3 is 0 Å². The topological polar surface area (TPSA) is 77.8 Å². The number of nitrogens with zero attached hydrogens (tertiary/aromatic N) is 4. The van der Waals surface area contributed by atoms with Gasteiger partial charge in [-0.2, -0.15) is 4.98 Å². The van der Waals surface area contributed by atoms with Gasteiger partial charge in [-0.3, -0.25) is 0 Å². The van der Waals surface area contributed by atoms with Gasteiger partial charge in [0.05, 0.1) is 0 Å². The summed E-state index contributed by atoms with van der Waals surface area (Å²) in [6, 6.07) is 19.4. The van der Waals surface area contributed by atoms with Crippen molar-refractivity contribution in [3.05, 3.63) is 72.4 Å². The van der Waals surface area contributed by atoms with E-state index in [0.717, 1.165) is 11.1 Å². The Morgan fingerprint density at radius 1 is 0.708 bits per heavy atom. The van der Waals surface area contributed by atoms with Crippen LogP contribution in [0.5, 0.6) is 0 Å². The standard InChI is InChI=1S/C18H14N4O2/c1-3-7-13(8-4-1)17-19-15(24-22-17)11-12-16-20-21-18(23-16)14-9-5-2-6-10-14/h1-10H,11-12H2. The van der Waals surface area contributed by atoms with Gasteiger partial charge in [-0.1, -0.05) is 53.7 Å². The zero-order valence-corrected chi connectivity index (χ0v) is 12.8. The molecule has 0 saturated carbocycles. The third-order valence-corrected chi connectivity index (χ3v) is 3.54. The van der Waals surface area contributed by atoms with Crippen LogP contribution in [0.25, 0.3) is 22.8 Å². The summed E-state index contributed by atoms with van der Waals surface area (Å²) in [5.74, 6) is 2.20. The van der Waals surface area contributed by atoms with Crippen molar-refractivity contribution in [2.45, 2.75) is 12.8 Å². The fraction of sp³-hybridized carbons (Fsp3) is 0.111. The van der Waals surface area contributed by atoms with Crippen LogP contribution in [-0.4, -0.2) is 20.3 Å². The average molecular weight is 318 g/mol. The molecular weight excluding hydrogens is 304 g/mol. The lowest BCUT2D eigenvalue weighted by Crippen LogP contribution is -1.92. The van der Waals surface area contributed by atoms with Gasteiger partial charge in [0, 0.05) is 24.0 Å². The monoisotopic (exact) mass is 318 g/mol. The highest BCUT2D eigenvalue weighted by molar-refractivity contribution is 5.53. The van der Waals surface area contributed by atoms with E-state index in [9.17, 15) is 0 Å². The van der Waals surface area contributed by atoms with Crippen LogP contribution in [0.3, 0.4) is 0 Å². The number of rotatable bonds is 5. The molecule has 4 rings (SSSR count). The van der Waals surface area contributed by atoms with E-state index in [1.54, 1.807) is 0 Å². The zero-order chi connectivity index (χ0) is 16.2. The Kier molecular flexibility index (Phi) is 3.85. The zero-order valence-electron chi connectivity index (χ0n) is 12.8. The van der Waals surface area contributed by atoms with Crippen LogP contribution < -0.4 is 0 Å². The first-order valence-corrected chi connectivity index (χ1v) is 7.64. The van der Waals surface area contributed by atoms with E-state index in [0.29, 0.717) is 36.3 Å². The minimum Gasteiger partial charge on any atom is -0.421 e. The summed E-state index contributed by atoms with van der Waals surface area (Å²) < 4.78 is 11.0. The molecule has 0 aliphatic rings. The first-order valence-electron chi connectivity index (χ1n) is 7.64. The van der Waals surface area contributed by atoms with Crippen molar-refractivity contribution in [3.8, 4) is 22.8 Å². The fourth-order valence-corrected chi connectivity index (χ4v) is 2.33. The molecule has 2 aromatic carbocycles. The molecule has 6 nitrogen and oxygen atoms in total. The summed E-state index contributed by atoms with van der Waals surface area (Å²) in [5.41, 5.74) is 1.83. The van der Waals surface area contributed by atoms with E-state index in [1.165, 1.54) is 0 Å². The maximum Gasteiger partial charge on any atom is 0.247 e. The summed E-state index contributed by atoms with van der Waals surface area (Å²) in [6.07, 6.45) is 1.10. The molecule has 0 saturated heterocycles. The van der Waals surface area contributed by atoms with E-state index in [-0.39, 0.29) is 0 Å². The maximum absolute atomic E-state index is 5.67. The number of aromatic nitrogens is 4. The molecule has 6 heteroatoms. The third kappa shape index (κ3) is 3.08. The minimum absolute atomic E-state index is 0.515. The molecule has 4 aromatic rings. The number of benzene rings is 2. The summed E-state index contributed by atoms with van der Waals surface area (Å²) in [5, 5.41) is 12.1. The van der Waals surface area contributed by atoms with E-state index in [2.05, 4.69) is 20.3 Å². The van der Waals surface area contributed by atoms with Gasteiger partial charge in [-0.25, -0.2) is 0 Å². The molecule has 0 radical (unpaired) electrons. The molecular formula is C18H14N4O2. The van der Waals surface area contributed by atoms with Crippen LogP contribution in [0.1, 0.15) is 11.8 Å². The van der Waals surface area contributed by atoms with Gasteiger partial charge in [0.1, 0.15) is 0 Å². The maximum atomic E-state index is 5.67. The van der Waals surface area contributed by atoms with Crippen molar-refractivity contribution in [2.24, 2.45) is 0 Å². The number of hydrogen-bond acceptors (Lipinski definition) is 6. The van der Waals surface area contributed by atoms with Crippen LogP contribution in [0.15, 0.2) is 69.6 Å². The molecule has 0 amide bonds. The molecule has 0 bridgehead atoms. The van der Waals surface area contributed by atoms with Crippen LogP contribution in [0.2, 0.25) is 0 Å². The second-order valence-corrected chi connectivity index (χ2v) is 5.24. The second-order valence-electron chi connectivity index (χ2n) is 5.24. The Balaban J connectivity index is 1.43. The van der Waals surface area contributed by atoms with Crippen LogP contribution >= 0.6 is 0 Å². The van der Waals surface area contributed by atoms with Gasteiger partial charge < -0.3 is 8.94 Å². The van der Waals surface area contributed by atoms with Gasteiger partial charge in [0.2, 0.25) is 23.5 Å². The Morgan fingerprint density at radius 2 is 1.38 bits per heavy atom. The molecule has 0 N–H and O–H groups in total. The molecule has 0 atom stereocenters. The lowest BCUT2D eigenvalue weighted by molar-refractivity contribution is 0.373. The molecule has 0 fully saturated rings. The first kappa shape index (κ1) is 14.3. The van der Waals surface area contributed by atoms with Gasteiger partial charge in [-0.15, -0.1) is 10.2 Å². The summed E-state index contributed by atoms with van der Waals surface area (Å²) in [6.45, 7) is 0. The molecule has 2 heterocycles. The van der Waals surface area contributed by atoms with Crippen LogP contribution in [0.4, 0.5) is 0 Å². The number of hydrogen-bond donors (Lipinski definition) is 0. The smallest absolute Gasteiger partial charge is 0.247 e. The van der Waals surface area contributed by atoms with Gasteiger partial charge in [0.15, 0.2) is 0 Å². The molecule has 118 valence electrons. The van der Waals surface area contributed by atoms with Crippen molar-refractivity contribution in [1.29, 1.82) is 0 Å². The lowest BCUT2D eigenvalue weighted by atomic mass is 10.2. The van der Waals surface area contributed by atoms with Crippen molar-refractivity contribution >= 4 is 0 Å².